The molecule has 0 spiro atoms. The van der Waals surface area contributed by atoms with Crippen LogP contribution in [0.3, 0.4) is 0 Å². The molecule has 196 valence electrons. The smallest absolute Gasteiger partial charge is 0.0536 e. The zero-order chi connectivity index (χ0) is 9.66. The van der Waals surface area contributed by atoms with Crippen molar-refractivity contribution in [1.29, 1.82) is 0 Å². The summed E-state index contributed by atoms with van der Waals surface area (Å²) in [6, 6.07) is 0. The number of hydrogen-bond acceptors (Lipinski definition) is 0. The lowest BCUT2D eigenvalue weighted by atomic mass is 10.2. The van der Waals surface area contributed by atoms with E-state index in [0.29, 0.717) is 0 Å². The van der Waals surface area contributed by atoms with Crippen molar-refractivity contribution in [2.24, 2.45) is 0 Å². The van der Waals surface area contributed by atoms with Gasteiger partial charge in [0, 0.05) is 0 Å². The van der Waals surface area contributed by atoms with Gasteiger partial charge < -0.3 is 0 Å². The van der Waals surface area contributed by atoms with Crippen molar-refractivity contribution in [3.05, 3.63) is 0 Å². The molecule has 0 nitrogen and oxygen atoms in total. The van der Waals surface area contributed by atoms with Crippen LogP contribution >= 0.6 is 0 Å². The van der Waals surface area contributed by atoms with E-state index >= 15 is 0 Å². The zero-order valence-electron chi connectivity index (χ0n) is 9.66. The van der Waals surface area contributed by atoms with Crippen molar-refractivity contribution in [2.75, 3.05) is 0 Å². The molecule has 0 aliphatic carbocycles. The van der Waals surface area contributed by atoms with Gasteiger partial charge in [0.05, 0.1) is 0 Å². The topological polar surface area (TPSA) is 0 Å². The molecule has 0 aromatic rings. The van der Waals surface area contributed by atoms with Gasteiger partial charge in [-0.3, -0.25) is 0 Å². The van der Waals surface area contributed by atoms with E-state index in [1.807, 2.05) is 0 Å². The van der Waals surface area contributed by atoms with Gasteiger partial charge in [-0.05, 0) is 0 Å². The summed E-state index contributed by atoms with van der Waals surface area (Å²) in [5, 5.41) is 0. The third-order valence-electron chi connectivity index (χ3n) is 1.91. The molecule has 0 atom stereocenters. The minimum atomic E-state index is 0. The van der Waals surface area contributed by atoms with Crippen LogP contribution in [0.25, 0.3) is 0 Å². The van der Waals surface area contributed by atoms with Gasteiger partial charge in [0.25, 0.3) is 0 Å². The summed E-state index contributed by atoms with van der Waals surface area (Å²) in [6.45, 7) is 8.93. The Balaban J connectivity index is -0.00000000317. The Morgan fingerprint density at radius 3 is 0.333 bits per heavy atom. The average molecular weight is 413 g/mol. The van der Waals surface area contributed by atoms with Crippen molar-refractivity contribution < 1.29 is 0 Å². The Bertz CT molecular complexity index is 32.0. The second kappa shape index (κ2) is 254. The van der Waals surface area contributed by atoms with Crippen LogP contribution in [0.5, 0.6) is 0 Å². The molecule has 0 aromatic carbocycles. The molecule has 0 radical (unpaired) electrons. The van der Waals surface area contributed by atoms with Gasteiger partial charge in [-0.15, -0.1) is 0 Å². The molecular weight excluding hydrogens is 324 g/mol. The van der Waals surface area contributed by atoms with E-state index in [0.717, 1.165) is 0 Å². The van der Waals surface area contributed by atoms with Crippen LogP contribution in [-0.4, -0.2) is 0 Å². The predicted molar refractivity (Wildman–Crippen MR) is 161 cm³/mol. The molecule has 0 aliphatic rings. The predicted octanol–water partition coefficient (Wildman–Crippen LogP) is 14.7. The lowest BCUT2D eigenvalue weighted by Crippen LogP contribution is -1.66. The van der Waals surface area contributed by atoms with E-state index in [-0.39, 0.29) is 111 Å². The average Bonchev–Trinajstić information content (AvgIpc) is 2.12. The van der Waals surface area contributed by atoms with E-state index in [9.17, 15) is 0 Å². The second-order valence-electron chi connectivity index (χ2n) is 3.41. The standard InChI is InChI=1S/2C6H14.15CH4/c2*1-3-5-6-4-2;;;;;;;;;;;;;;;/h2*3-6H2,1-2H3;15*1H4. The molecule has 0 N–H and O–H groups in total. The summed E-state index contributed by atoms with van der Waals surface area (Å²) in [4.78, 5) is 0. The maximum atomic E-state index is 2.23. The van der Waals surface area contributed by atoms with Crippen molar-refractivity contribution in [1.82, 2.24) is 0 Å². The first kappa shape index (κ1) is 183. The second-order valence-corrected chi connectivity index (χ2v) is 3.41. The molecule has 0 aliphatic heterocycles. The number of rotatable bonds is 6. The van der Waals surface area contributed by atoms with Crippen LogP contribution in [0.1, 0.15) is 190 Å². The van der Waals surface area contributed by atoms with E-state index in [1.54, 1.807) is 0 Å². The van der Waals surface area contributed by atoms with E-state index in [2.05, 4.69) is 27.7 Å². The van der Waals surface area contributed by atoms with Gasteiger partial charge in [-0.25, -0.2) is 0 Å². The highest BCUT2D eigenvalue weighted by atomic mass is 13.8. The van der Waals surface area contributed by atoms with Crippen molar-refractivity contribution in [2.45, 2.75) is 190 Å². The minimum Gasteiger partial charge on any atom is -0.0776 e. The van der Waals surface area contributed by atoms with Gasteiger partial charge in [0.2, 0.25) is 0 Å². The summed E-state index contributed by atoms with van der Waals surface area (Å²) >= 11 is 0. The fraction of sp³-hybridized carbons (Fsp3) is 1.00. The monoisotopic (exact) mass is 413 g/mol. The highest BCUT2D eigenvalue weighted by Gasteiger charge is 1.75. The maximum Gasteiger partial charge on any atom is -0.0536 e. The van der Waals surface area contributed by atoms with Crippen LogP contribution in [-0.2, 0) is 0 Å². The first-order chi connectivity index (χ1) is 5.83. The summed E-state index contributed by atoms with van der Waals surface area (Å²) in [6.07, 6.45) is 11.1. The Hall–Kier alpha value is 0. The molecule has 0 aromatic heterocycles. The van der Waals surface area contributed by atoms with Crippen LogP contribution in [0.2, 0.25) is 0 Å². The first-order valence-electron chi connectivity index (χ1n) is 5.83. The molecule has 27 heavy (non-hydrogen) atoms. The van der Waals surface area contributed by atoms with E-state index < -0.39 is 0 Å². The molecule has 0 heteroatoms. The van der Waals surface area contributed by atoms with Gasteiger partial charge in [-0.2, -0.15) is 0 Å². The molecule has 0 unspecified atom stereocenters. The fourth-order valence-electron chi connectivity index (χ4n) is 1.000. The maximum absolute atomic E-state index is 2.23. The summed E-state index contributed by atoms with van der Waals surface area (Å²) < 4.78 is 0. The Kier molecular flexibility index (Phi) is 1720. The molecule has 0 saturated heterocycles. The first-order valence-corrected chi connectivity index (χ1v) is 5.83. The van der Waals surface area contributed by atoms with Crippen molar-refractivity contribution >= 4 is 0 Å². The normalized spacial score (nSPS) is 4.00. The minimum absolute atomic E-state index is 0. The van der Waals surface area contributed by atoms with Crippen LogP contribution in [0, 0.1) is 0 Å². The summed E-state index contributed by atoms with van der Waals surface area (Å²) in [5.74, 6) is 0. The quantitative estimate of drug-likeness (QED) is 0.380. The molecular formula is C27H88. The molecule has 0 amide bonds. The van der Waals surface area contributed by atoms with E-state index in [4.69, 9.17) is 0 Å². The highest BCUT2D eigenvalue weighted by molar-refractivity contribution is 4.31. The molecule has 0 fully saturated rings. The zero-order valence-corrected chi connectivity index (χ0v) is 9.66. The summed E-state index contributed by atoms with van der Waals surface area (Å²) in [7, 11) is 0. The van der Waals surface area contributed by atoms with Crippen molar-refractivity contribution in [3.8, 4) is 0 Å². The highest BCUT2D eigenvalue weighted by Crippen LogP contribution is 1.95. The van der Waals surface area contributed by atoms with Gasteiger partial charge in [-0.1, -0.05) is 190 Å². The Labute approximate surface area is 190 Å². The van der Waals surface area contributed by atoms with Crippen molar-refractivity contribution in [3.63, 3.8) is 0 Å². The number of unbranched alkanes of at least 4 members (excludes halogenated alkanes) is 6. The summed E-state index contributed by atoms with van der Waals surface area (Å²) in [5.41, 5.74) is 0. The Morgan fingerprint density at radius 2 is 0.296 bits per heavy atom. The fourth-order valence-corrected chi connectivity index (χ4v) is 1.000. The van der Waals surface area contributed by atoms with Gasteiger partial charge in [0.1, 0.15) is 0 Å². The third kappa shape index (κ3) is 416. The van der Waals surface area contributed by atoms with Crippen LogP contribution < -0.4 is 0 Å². The van der Waals surface area contributed by atoms with E-state index in [1.165, 1.54) is 51.4 Å². The van der Waals surface area contributed by atoms with Crippen LogP contribution in [0.4, 0.5) is 0 Å². The lowest BCUT2D eigenvalue weighted by Gasteiger charge is -1.86. The third-order valence-corrected chi connectivity index (χ3v) is 1.91. The molecule has 0 bridgehead atoms. The SMILES string of the molecule is C.C.C.C.C.C.C.C.C.C.C.C.C.C.C.CCCCCC.CCCCCC. The van der Waals surface area contributed by atoms with Crippen LogP contribution in [0.15, 0.2) is 0 Å². The molecule has 0 rings (SSSR count). The largest absolute Gasteiger partial charge is 0.0776 e. The number of hydrogen-bond donors (Lipinski definition) is 0. The molecule has 0 heterocycles. The Morgan fingerprint density at radius 1 is 0.222 bits per heavy atom. The van der Waals surface area contributed by atoms with Gasteiger partial charge in [0.15, 0.2) is 0 Å². The molecule has 0 saturated carbocycles. The van der Waals surface area contributed by atoms with Gasteiger partial charge >= 0.3 is 0 Å². The lowest BCUT2D eigenvalue weighted by molar-refractivity contribution is 0.702.